The van der Waals surface area contributed by atoms with Gasteiger partial charge >= 0.3 is 0 Å². The first-order valence-electron chi connectivity index (χ1n) is 5.56. The van der Waals surface area contributed by atoms with Gasteiger partial charge in [-0.15, -0.1) is 0 Å². The zero-order valence-corrected chi connectivity index (χ0v) is 11.1. The maximum absolute atomic E-state index is 8.20. The van der Waals surface area contributed by atoms with Gasteiger partial charge in [-0.1, -0.05) is 23.7 Å². The molecule has 1 aromatic heterocycles. The molecule has 0 unspecified atom stereocenters. The molecule has 0 aliphatic heterocycles. The number of halogens is 1. The molecule has 0 aliphatic carbocycles. The molecule has 92 valence electrons. The summed E-state index contributed by atoms with van der Waals surface area (Å²) in [5, 5.41) is 8.84. The zero-order valence-electron chi connectivity index (χ0n) is 10.3. The van der Waals surface area contributed by atoms with E-state index in [-0.39, 0.29) is 0 Å². The van der Waals surface area contributed by atoms with Gasteiger partial charge in [0.2, 0.25) is 0 Å². The van der Waals surface area contributed by atoms with Crippen molar-refractivity contribution in [1.29, 1.82) is 5.41 Å². The van der Waals surface area contributed by atoms with E-state index in [9.17, 15) is 0 Å². The first-order valence-corrected chi connectivity index (χ1v) is 5.94. The summed E-state index contributed by atoms with van der Waals surface area (Å²) in [6.45, 7) is 0. The van der Waals surface area contributed by atoms with Crippen LogP contribution in [0.4, 0.5) is 5.82 Å². The Kier molecular flexibility index (Phi) is 3.63. The van der Waals surface area contributed by atoms with Crippen LogP contribution in [0, 0.1) is 5.41 Å². The molecule has 1 heterocycles. The minimum atomic E-state index is 0.447. The van der Waals surface area contributed by atoms with E-state index in [4.69, 9.17) is 17.0 Å². The number of hydrogen-bond donors (Lipinski definition) is 1. The number of anilines is 1. The van der Waals surface area contributed by atoms with Crippen molar-refractivity contribution in [3.63, 3.8) is 0 Å². The van der Waals surface area contributed by atoms with Gasteiger partial charge in [-0.3, -0.25) is 5.41 Å². The fraction of sp³-hybridized carbons (Fsp3) is 0.143. The van der Waals surface area contributed by atoms with E-state index in [1.165, 1.54) is 0 Å². The number of hydrogen-bond acceptors (Lipinski definition) is 3. The van der Waals surface area contributed by atoms with Gasteiger partial charge in [0.1, 0.15) is 5.82 Å². The normalized spacial score (nSPS) is 10.2. The highest BCUT2D eigenvalue weighted by Crippen LogP contribution is 2.17. The molecule has 0 atom stereocenters. The Labute approximate surface area is 112 Å². The molecule has 2 aromatic rings. The SMILES string of the molecule is CN(C)c1cc(C(=N)c2cccc(Cl)c2)ccn1. The van der Waals surface area contributed by atoms with Gasteiger partial charge in [0, 0.05) is 36.4 Å². The van der Waals surface area contributed by atoms with E-state index in [2.05, 4.69) is 4.98 Å². The molecule has 4 heteroatoms. The quantitative estimate of drug-likeness (QED) is 0.860. The molecule has 3 nitrogen and oxygen atoms in total. The van der Waals surface area contributed by atoms with E-state index < -0.39 is 0 Å². The van der Waals surface area contributed by atoms with E-state index in [0.29, 0.717) is 10.7 Å². The molecular weight excluding hydrogens is 246 g/mol. The van der Waals surface area contributed by atoms with Gasteiger partial charge in [-0.25, -0.2) is 4.98 Å². The van der Waals surface area contributed by atoms with Crippen LogP contribution in [0.1, 0.15) is 11.1 Å². The molecule has 0 aliphatic rings. The Bertz CT molecular complexity index is 579. The van der Waals surface area contributed by atoms with Crippen molar-refractivity contribution in [1.82, 2.24) is 4.98 Å². The van der Waals surface area contributed by atoms with Crippen molar-refractivity contribution in [3.05, 3.63) is 58.7 Å². The highest BCUT2D eigenvalue weighted by Gasteiger charge is 2.07. The number of nitrogens with one attached hydrogen (secondary N) is 1. The summed E-state index contributed by atoms with van der Waals surface area (Å²) in [5.41, 5.74) is 2.08. The number of nitrogens with zero attached hydrogens (tertiary/aromatic N) is 2. The average Bonchev–Trinajstić information content (AvgIpc) is 2.38. The molecule has 0 spiro atoms. The second-order valence-electron chi connectivity index (χ2n) is 4.18. The van der Waals surface area contributed by atoms with E-state index in [1.54, 1.807) is 18.3 Å². The lowest BCUT2D eigenvalue weighted by Crippen LogP contribution is -2.12. The first kappa shape index (κ1) is 12.6. The van der Waals surface area contributed by atoms with Crippen molar-refractivity contribution in [2.75, 3.05) is 19.0 Å². The van der Waals surface area contributed by atoms with Crippen LogP contribution in [0.25, 0.3) is 0 Å². The second-order valence-corrected chi connectivity index (χ2v) is 4.62. The van der Waals surface area contributed by atoms with E-state index in [0.717, 1.165) is 16.9 Å². The smallest absolute Gasteiger partial charge is 0.128 e. The van der Waals surface area contributed by atoms with Crippen LogP contribution in [0.2, 0.25) is 5.02 Å². The largest absolute Gasteiger partial charge is 0.363 e. The molecule has 2 rings (SSSR count). The van der Waals surface area contributed by atoms with Crippen molar-refractivity contribution < 1.29 is 0 Å². The van der Waals surface area contributed by atoms with Gasteiger partial charge in [0.15, 0.2) is 0 Å². The third kappa shape index (κ3) is 2.68. The second kappa shape index (κ2) is 5.19. The number of benzene rings is 1. The zero-order chi connectivity index (χ0) is 13.1. The summed E-state index contributed by atoms with van der Waals surface area (Å²) in [5.74, 6) is 0.833. The molecule has 0 bridgehead atoms. The van der Waals surface area contributed by atoms with Gasteiger partial charge in [-0.2, -0.15) is 0 Å². The molecular formula is C14H14ClN3. The minimum Gasteiger partial charge on any atom is -0.363 e. The monoisotopic (exact) mass is 259 g/mol. The third-order valence-corrected chi connectivity index (χ3v) is 2.84. The van der Waals surface area contributed by atoms with Gasteiger partial charge in [0.05, 0.1) is 5.71 Å². The Balaban J connectivity index is 2.37. The fourth-order valence-electron chi connectivity index (χ4n) is 1.63. The average molecular weight is 260 g/mol. The van der Waals surface area contributed by atoms with Crippen LogP contribution in [-0.2, 0) is 0 Å². The number of pyridine rings is 1. The van der Waals surface area contributed by atoms with Crippen molar-refractivity contribution in [2.45, 2.75) is 0 Å². The molecule has 18 heavy (non-hydrogen) atoms. The fourth-order valence-corrected chi connectivity index (χ4v) is 1.82. The predicted molar refractivity (Wildman–Crippen MR) is 75.9 cm³/mol. The molecule has 1 aromatic carbocycles. The van der Waals surface area contributed by atoms with E-state index in [1.807, 2.05) is 43.3 Å². The van der Waals surface area contributed by atoms with Crippen LogP contribution >= 0.6 is 11.6 Å². The molecule has 0 amide bonds. The Morgan fingerprint density at radius 1 is 1.17 bits per heavy atom. The lowest BCUT2D eigenvalue weighted by Gasteiger charge is -2.12. The Morgan fingerprint density at radius 3 is 2.56 bits per heavy atom. The van der Waals surface area contributed by atoms with Crippen LogP contribution < -0.4 is 4.90 Å². The standard InChI is InChI=1S/C14H14ClN3/c1-18(2)13-9-11(6-7-17-13)14(16)10-4-3-5-12(15)8-10/h3-9,16H,1-2H3. The first-order chi connectivity index (χ1) is 8.58. The third-order valence-electron chi connectivity index (χ3n) is 2.61. The van der Waals surface area contributed by atoms with E-state index >= 15 is 0 Å². The maximum atomic E-state index is 8.20. The van der Waals surface area contributed by atoms with Crippen LogP contribution in [0.15, 0.2) is 42.6 Å². The topological polar surface area (TPSA) is 40.0 Å². The predicted octanol–water partition coefficient (Wildman–Crippen LogP) is 3.22. The number of aromatic nitrogens is 1. The minimum absolute atomic E-state index is 0.447. The summed E-state index contributed by atoms with van der Waals surface area (Å²) in [7, 11) is 3.85. The van der Waals surface area contributed by atoms with Crippen molar-refractivity contribution in [2.24, 2.45) is 0 Å². The highest BCUT2D eigenvalue weighted by atomic mass is 35.5. The van der Waals surface area contributed by atoms with Crippen LogP contribution in [0.3, 0.4) is 0 Å². The summed E-state index contributed by atoms with van der Waals surface area (Å²) in [6, 6.07) is 11.0. The summed E-state index contributed by atoms with van der Waals surface area (Å²) < 4.78 is 0. The van der Waals surface area contributed by atoms with Gasteiger partial charge < -0.3 is 4.90 Å². The lowest BCUT2D eigenvalue weighted by atomic mass is 10.0. The molecule has 0 fully saturated rings. The Morgan fingerprint density at radius 2 is 1.89 bits per heavy atom. The maximum Gasteiger partial charge on any atom is 0.128 e. The van der Waals surface area contributed by atoms with Gasteiger partial charge in [0.25, 0.3) is 0 Å². The molecule has 0 saturated heterocycles. The van der Waals surface area contributed by atoms with Crippen LogP contribution in [-0.4, -0.2) is 24.8 Å². The summed E-state index contributed by atoms with van der Waals surface area (Å²) >= 11 is 5.94. The Hall–Kier alpha value is -1.87. The van der Waals surface area contributed by atoms with Crippen molar-refractivity contribution in [3.8, 4) is 0 Å². The van der Waals surface area contributed by atoms with Crippen LogP contribution in [0.5, 0.6) is 0 Å². The lowest BCUT2D eigenvalue weighted by molar-refractivity contribution is 1.07. The highest BCUT2D eigenvalue weighted by molar-refractivity contribution is 6.31. The van der Waals surface area contributed by atoms with Gasteiger partial charge in [-0.05, 0) is 24.3 Å². The summed E-state index contributed by atoms with van der Waals surface area (Å²) in [4.78, 5) is 6.15. The molecule has 1 N–H and O–H groups in total. The number of rotatable bonds is 3. The molecule has 0 saturated carbocycles. The summed E-state index contributed by atoms with van der Waals surface area (Å²) in [6.07, 6.45) is 1.71. The molecule has 0 radical (unpaired) electrons. The van der Waals surface area contributed by atoms with Crippen molar-refractivity contribution >= 4 is 23.1 Å².